The molecule has 8 nitrogen and oxygen atoms in total. The Morgan fingerprint density at radius 1 is 1.50 bits per heavy atom. The van der Waals surface area contributed by atoms with Gasteiger partial charge in [0.15, 0.2) is 5.16 Å². The van der Waals surface area contributed by atoms with Crippen molar-refractivity contribution in [3.05, 3.63) is 18.2 Å². The van der Waals surface area contributed by atoms with E-state index in [1.54, 1.807) is 6.07 Å². The average molecular weight is 399 g/mol. The second kappa shape index (κ2) is 7.95. The van der Waals surface area contributed by atoms with Crippen LogP contribution in [0.25, 0.3) is 11.0 Å². The molecule has 0 saturated carbocycles. The third-order valence-electron chi connectivity index (χ3n) is 4.21. The SMILES string of the molecule is CCn1c(SCC(=O)NCC2CCCO2)nc2cc(S(N)(=O)=O)ccc21. The first-order valence-electron chi connectivity index (χ1n) is 8.42. The predicted octanol–water partition coefficient (Wildman–Crippen LogP) is 1.09. The Hall–Kier alpha value is -1.62. The number of primary sulfonamides is 1. The summed E-state index contributed by atoms with van der Waals surface area (Å²) in [6, 6.07) is 4.61. The van der Waals surface area contributed by atoms with Crippen molar-refractivity contribution in [1.29, 1.82) is 0 Å². The zero-order valence-electron chi connectivity index (χ0n) is 14.5. The molecule has 1 aliphatic heterocycles. The van der Waals surface area contributed by atoms with Crippen LogP contribution in [0.4, 0.5) is 0 Å². The zero-order chi connectivity index (χ0) is 18.7. The Bertz CT molecular complexity index is 904. The minimum Gasteiger partial charge on any atom is -0.376 e. The molecule has 0 radical (unpaired) electrons. The predicted molar refractivity (Wildman–Crippen MR) is 99.5 cm³/mol. The van der Waals surface area contributed by atoms with Gasteiger partial charge in [0, 0.05) is 19.7 Å². The van der Waals surface area contributed by atoms with Crippen LogP contribution in [0.3, 0.4) is 0 Å². The van der Waals surface area contributed by atoms with Gasteiger partial charge in [0.25, 0.3) is 0 Å². The molecule has 142 valence electrons. The van der Waals surface area contributed by atoms with Gasteiger partial charge in [-0.3, -0.25) is 4.79 Å². The molecule has 1 atom stereocenters. The van der Waals surface area contributed by atoms with E-state index in [0.717, 1.165) is 25.0 Å². The molecule has 26 heavy (non-hydrogen) atoms. The Balaban J connectivity index is 1.69. The third kappa shape index (κ3) is 4.37. The van der Waals surface area contributed by atoms with Gasteiger partial charge in [0.05, 0.1) is 27.8 Å². The van der Waals surface area contributed by atoms with Crippen LogP contribution < -0.4 is 10.5 Å². The second-order valence-corrected chi connectivity index (χ2v) is 8.57. The highest BCUT2D eigenvalue weighted by atomic mass is 32.2. The van der Waals surface area contributed by atoms with Crippen LogP contribution in [-0.2, 0) is 26.1 Å². The highest BCUT2D eigenvalue weighted by Crippen LogP contribution is 2.25. The monoisotopic (exact) mass is 398 g/mol. The number of nitrogens with zero attached hydrogens (tertiary/aromatic N) is 2. The van der Waals surface area contributed by atoms with Gasteiger partial charge >= 0.3 is 0 Å². The molecule has 1 unspecified atom stereocenters. The number of nitrogens with one attached hydrogen (secondary N) is 1. The summed E-state index contributed by atoms with van der Waals surface area (Å²) in [5.74, 6) is 0.156. The summed E-state index contributed by atoms with van der Waals surface area (Å²) >= 11 is 1.32. The molecule has 3 rings (SSSR count). The van der Waals surface area contributed by atoms with Crippen LogP contribution in [0.15, 0.2) is 28.3 Å². The molecule has 10 heteroatoms. The Morgan fingerprint density at radius 3 is 2.96 bits per heavy atom. The zero-order valence-corrected chi connectivity index (χ0v) is 16.1. The number of aromatic nitrogens is 2. The molecule has 1 aromatic heterocycles. The summed E-state index contributed by atoms with van der Waals surface area (Å²) in [5, 5.41) is 8.72. The number of hydrogen-bond donors (Lipinski definition) is 2. The average Bonchev–Trinajstić information content (AvgIpc) is 3.23. The van der Waals surface area contributed by atoms with Gasteiger partial charge in [-0.15, -0.1) is 0 Å². The highest BCUT2D eigenvalue weighted by molar-refractivity contribution is 7.99. The van der Waals surface area contributed by atoms with Crippen LogP contribution in [0.1, 0.15) is 19.8 Å². The number of sulfonamides is 1. The number of carbonyl (C=O) groups excluding carboxylic acids is 1. The second-order valence-electron chi connectivity index (χ2n) is 6.06. The third-order valence-corrected chi connectivity index (χ3v) is 6.10. The standard InChI is InChI=1S/C16H22N4O4S2/c1-2-20-14-6-5-12(26(17,22)23)8-13(14)19-16(20)25-10-15(21)18-9-11-4-3-7-24-11/h5-6,8,11H,2-4,7,9-10H2,1H3,(H,18,21)(H2,17,22,23). The number of fused-ring (bicyclic) bond motifs is 1. The minimum absolute atomic E-state index is 0.0246. The molecule has 2 aromatic rings. The van der Waals surface area contributed by atoms with E-state index in [-0.39, 0.29) is 22.7 Å². The van der Waals surface area contributed by atoms with Crippen molar-refractivity contribution in [3.63, 3.8) is 0 Å². The lowest BCUT2D eigenvalue weighted by Gasteiger charge is -2.10. The molecule has 1 aromatic carbocycles. The van der Waals surface area contributed by atoms with E-state index in [1.165, 1.54) is 23.9 Å². The number of amides is 1. The molecule has 2 heterocycles. The summed E-state index contributed by atoms with van der Waals surface area (Å²) < 4.78 is 30.4. The van der Waals surface area contributed by atoms with Gasteiger partial charge < -0.3 is 14.6 Å². The number of carbonyl (C=O) groups is 1. The van der Waals surface area contributed by atoms with Crippen LogP contribution in [0, 0.1) is 0 Å². The Kier molecular flexibility index (Phi) is 5.86. The fourth-order valence-corrected chi connectivity index (χ4v) is 4.34. The lowest BCUT2D eigenvalue weighted by molar-refractivity contribution is -0.119. The molecule has 1 fully saturated rings. The quantitative estimate of drug-likeness (QED) is 0.675. The van der Waals surface area contributed by atoms with E-state index in [1.807, 2.05) is 11.5 Å². The van der Waals surface area contributed by atoms with E-state index in [4.69, 9.17) is 9.88 Å². The normalized spacial score (nSPS) is 17.7. The van der Waals surface area contributed by atoms with E-state index in [2.05, 4.69) is 10.3 Å². The van der Waals surface area contributed by atoms with E-state index in [9.17, 15) is 13.2 Å². The van der Waals surface area contributed by atoms with E-state index >= 15 is 0 Å². The van der Waals surface area contributed by atoms with Crippen molar-refractivity contribution in [2.75, 3.05) is 18.9 Å². The lowest BCUT2D eigenvalue weighted by atomic mass is 10.2. The van der Waals surface area contributed by atoms with Crippen LogP contribution in [0.2, 0.25) is 0 Å². The molecule has 0 bridgehead atoms. The topological polar surface area (TPSA) is 116 Å². The summed E-state index contributed by atoms with van der Waals surface area (Å²) in [7, 11) is -3.78. The van der Waals surface area contributed by atoms with Gasteiger partial charge in [-0.2, -0.15) is 0 Å². The summed E-state index contributed by atoms with van der Waals surface area (Å²) in [4.78, 5) is 16.5. The smallest absolute Gasteiger partial charge is 0.238 e. The van der Waals surface area contributed by atoms with Gasteiger partial charge in [-0.25, -0.2) is 18.5 Å². The fourth-order valence-electron chi connectivity index (χ4n) is 2.89. The van der Waals surface area contributed by atoms with Gasteiger partial charge in [0.2, 0.25) is 15.9 Å². The van der Waals surface area contributed by atoms with Crippen molar-refractivity contribution < 1.29 is 17.9 Å². The van der Waals surface area contributed by atoms with Gasteiger partial charge in [-0.05, 0) is 38.0 Å². The molecule has 0 aliphatic carbocycles. The van der Waals surface area contributed by atoms with Crippen molar-refractivity contribution in [1.82, 2.24) is 14.9 Å². The first kappa shape index (κ1) is 19.2. The number of benzene rings is 1. The van der Waals surface area contributed by atoms with E-state index < -0.39 is 10.0 Å². The summed E-state index contributed by atoms with van der Waals surface area (Å²) in [6.07, 6.45) is 2.13. The molecule has 1 saturated heterocycles. The van der Waals surface area contributed by atoms with Crippen LogP contribution >= 0.6 is 11.8 Å². The van der Waals surface area contributed by atoms with Gasteiger partial charge in [0.1, 0.15) is 0 Å². The number of hydrogen-bond acceptors (Lipinski definition) is 6. The maximum Gasteiger partial charge on any atom is 0.238 e. The van der Waals surface area contributed by atoms with E-state index in [0.29, 0.717) is 23.8 Å². The Labute approximate surface area is 156 Å². The molecule has 1 amide bonds. The van der Waals surface area contributed by atoms with Crippen molar-refractivity contribution in [3.8, 4) is 0 Å². The number of aryl methyl sites for hydroxylation is 1. The summed E-state index contributed by atoms with van der Waals surface area (Å²) in [5.41, 5.74) is 1.35. The minimum atomic E-state index is -3.78. The van der Waals surface area contributed by atoms with Crippen molar-refractivity contribution in [2.45, 2.75) is 42.5 Å². The number of rotatable bonds is 7. The largest absolute Gasteiger partial charge is 0.376 e. The maximum absolute atomic E-state index is 12.1. The lowest BCUT2D eigenvalue weighted by Crippen LogP contribution is -2.32. The first-order valence-corrected chi connectivity index (χ1v) is 11.0. The Morgan fingerprint density at radius 2 is 2.31 bits per heavy atom. The maximum atomic E-state index is 12.1. The first-order chi connectivity index (χ1) is 12.4. The van der Waals surface area contributed by atoms with Crippen LogP contribution in [0.5, 0.6) is 0 Å². The number of imidazole rings is 1. The van der Waals surface area contributed by atoms with Crippen molar-refractivity contribution in [2.24, 2.45) is 5.14 Å². The highest BCUT2D eigenvalue weighted by Gasteiger charge is 2.18. The molecule has 3 N–H and O–H groups in total. The van der Waals surface area contributed by atoms with Crippen molar-refractivity contribution >= 4 is 38.7 Å². The molecule has 1 aliphatic rings. The molecular formula is C16H22N4O4S2. The fraction of sp³-hybridized carbons (Fsp3) is 0.500. The molecule has 0 spiro atoms. The number of nitrogens with two attached hydrogens (primary N) is 1. The van der Waals surface area contributed by atoms with Gasteiger partial charge in [-0.1, -0.05) is 11.8 Å². The molecular weight excluding hydrogens is 376 g/mol. The number of ether oxygens (including phenoxy) is 1. The number of thioether (sulfide) groups is 1. The van der Waals surface area contributed by atoms with Crippen LogP contribution in [-0.4, -0.2) is 48.9 Å². The summed E-state index contributed by atoms with van der Waals surface area (Å²) in [6.45, 7) is 3.92.